The molecule has 0 aromatic heterocycles. The minimum Gasteiger partial charge on any atom is -0.455 e. The van der Waals surface area contributed by atoms with Crippen molar-refractivity contribution in [3.8, 4) is 0 Å². The van der Waals surface area contributed by atoms with E-state index in [4.69, 9.17) is 4.74 Å². The van der Waals surface area contributed by atoms with Gasteiger partial charge in [-0.3, -0.25) is 0 Å². The highest BCUT2D eigenvalue weighted by atomic mass is 79.9. The maximum absolute atomic E-state index is 12.6. The van der Waals surface area contributed by atoms with Crippen molar-refractivity contribution in [2.24, 2.45) is 0 Å². The summed E-state index contributed by atoms with van der Waals surface area (Å²) in [7, 11) is 0. The Hall–Kier alpha value is -1.61. The molecule has 0 bridgehead atoms. The molecule has 0 aliphatic carbocycles. The normalized spacial score (nSPS) is 14.1. The molecule has 3 heteroatoms. The quantitative estimate of drug-likeness (QED) is 0.622. The molecule has 0 aliphatic rings. The number of ether oxygens (including phenoxy) is 1. The first-order valence-electron chi connectivity index (χ1n) is 7.84. The van der Waals surface area contributed by atoms with Crippen molar-refractivity contribution in [1.82, 2.24) is 0 Å². The molecule has 1 atom stereocenters. The zero-order valence-corrected chi connectivity index (χ0v) is 15.7. The summed E-state index contributed by atoms with van der Waals surface area (Å²) in [5.41, 5.74) is 0.830. The van der Waals surface area contributed by atoms with E-state index < -0.39 is 5.60 Å². The van der Waals surface area contributed by atoms with E-state index >= 15 is 0 Å². The van der Waals surface area contributed by atoms with Crippen LogP contribution in [0.4, 0.5) is 0 Å². The lowest BCUT2D eigenvalue weighted by molar-refractivity contribution is -0.0478. The summed E-state index contributed by atoms with van der Waals surface area (Å²) in [6.07, 6.45) is 0.733. The highest BCUT2D eigenvalue weighted by Gasteiger charge is 2.44. The third-order valence-corrected chi connectivity index (χ3v) is 5.42. The lowest BCUT2D eigenvalue weighted by Crippen LogP contribution is -2.48. The summed E-state index contributed by atoms with van der Waals surface area (Å²) in [5, 5.41) is 0. The molecule has 2 aromatic carbocycles. The van der Waals surface area contributed by atoms with Gasteiger partial charge in [0.1, 0.15) is 5.60 Å². The van der Waals surface area contributed by atoms with E-state index in [2.05, 4.69) is 48.8 Å². The van der Waals surface area contributed by atoms with Gasteiger partial charge in [0.15, 0.2) is 0 Å². The second-order valence-corrected chi connectivity index (χ2v) is 7.39. The van der Waals surface area contributed by atoms with Crippen molar-refractivity contribution < 1.29 is 9.53 Å². The fraction of sp³-hybridized carbons (Fsp3) is 0.350. The van der Waals surface area contributed by atoms with Gasteiger partial charge >= 0.3 is 5.97 Å². The van der Waals surface area contributed by atoms with Crippen molar-refractivity contribution in [3.05, 3.63) is 70.2 Å². The molecule has 0 fully saturated rings. The average Bonchev–Trinajstić information content (AvgIpc) is 2.55. The summed E-state index contributed by atoms with van der Waals surface area (Å²) >= 11 is 3.38. The maximum atomic E-state index is 12.6. The predicted octanol–water partition coefficient (Wildman–Crippen LogP) is 5.75. The molecule has 0 aliphatic heterocycles. The first kappa shape index (κ1) is 17.7. The molecule has 23 heavy (non-hydrogen) atoms. The lowest BCUT2D eigenvalue weighted by atomic mass is 9.69. The van der Waals surface area contributed by atoms with E-state index in [0.717, 1.165) is 16.5 Å². The largest absolute Gasteiger partial charge is 0.455 e. The molecule has 0 spiro atoms. The maximum Gasteiger partial charge on any atom is 0.338 e. The molecule has 2 aromatic rings. The number of halogens is 1. The molecule has 2 nitrogen and oxygen atoms in total. The number of carbonyl (C=O) groups excluding carboxylic acids is 1. The number of hydrogen-bond acceptors (Lipinski definition) is 2. The standard InChI is InChI=1S/C20H23BrO2/c1-5-20(4,19(2,3)16-9-7-6-8-10-16)23-18(22)15-11-13-17(21)14-12-15/h6-14H,5H2,1-4H3/t20-/m0/s1. The number of esters is 1. The lowest BCUT2D eigenvalue weighted by Gasteiger charge is -2.43. The van der Waals surface area contributed by atoms with Gasteiger partial charge in [-0.1, -0.05) is 67.0 Å². The van der Waals surface area contributed by atoms with Gasteiger partial charge in [-0.2, -0.15) is 0 Å². The zero-order valence-electron chi connectivity index (χ0n) is 14.1. The first-order chi connectivity index (χ1) is 10.8. The molecule has 0 radical (unpaired) electrons. The summed E-state index contributed by atoms with van der Waals surface area (Å²) in [6, 6.07) is 17.5. The smallest absolute Gasteiger partial charge is 0.338 e. The van der Waals surface area contributed by atoms with Gasteiger partial charge in [-0.25, -0.2) is 4.79 Å². The number of benzene rings is 2. The molecule has 0 saturated heterocycles. The van der Waals surface area contributed by atoms with Crippen LogP contribution in [-0.4, -0.2) is 11.6 Å². The fourth-order valence-electron chi connectivity index (χ4n) is 2.65. The molecule has 2 rings (SSSR count). The number of hydrogen-bond donors (Lipinski definition) is 0. The minimum atomic E-state index is -0.599. The second-order valence-electron chi connectivity index (χ2n) is 6.47. The van der Waals surface area contributed by atoms with Gasteiger partial charge in [-0.15, -0.1) is 0 Å². The zero-order chi connectivity index (χ0) is 17.1. The Balaban J connectivity index is 2.29. The fourth-order valence-corrected chi connectivity index (χ4v) is 2.92. The van der Waals surface area contributed by atoms with Gasteiger partial charge in [0.2, 0.25) is 0 Å². The van der Waals surface area contributed by atoms with Crippen LogP contribution >= 0.6 is 15.9 Å². The number of rotatable bonds is 5. The minimum absolute atomic E-state index is 0.286. The highest BCUT2D eigenvalue weighted by molar-refractivity contribution is 9.10. The van der Waals surface area contributed by atoms with Crippen LogP contribution in [-0.2, 0) is 10.2 Å². The van der Waals surface area contributed by atoms with Crippen LogP contribution in [0.3, 0.4) is 0 Å². The predicted molar refractivity (Wildman–Crippen MR) is 97.7 cm³/mol. The van der Waals surface area contributed by atoms with Gasteiger partial charge < -0.3 is 4.74 Å². The Labute approximate surface area is 147 Å². The van der Waals surface area contributed by atoms with Gasteiger partial charge in [-0.05, 0) is 43.2 Å². The van der Waals surface area contributed by atoms with Crippen molar-refractivity contribution in [2.75, 3.05) is 0 Å². The summed E-state index contributed by atoms with van der Waals surface area (Å²) in [5.74, 6) is -0.286. The molecule has 0 heterocycles. The van der Waals surface area contributed by atoms with E-state index in [0.29, 0.717) is 5.56 Å². The Bertz CT molecular complexity index is 662. The third kappa shape index (κ3) is 3.66. The van der Waals surface area contributed by atoms with Crippen LogP contribution in [0.5, 0.6) is 0 Å². The van der Waals surface area contributed by atoms with Gasteiger partial charge in [0, 0.05) is 9.89 Å². The third-order valence-electron chi connectivity index (χ3n) is 4.89. The Morgan fingerprint density at radius 3 is 2.09 bits per heavy atom. The molecular formula is C20H23BrO2. The van der Waals surface area contributed by atoms with Crippen molar-refractivity contribution >= 4 is 21.9 Å². The van der Waals surface area contributed by atoms with Crippen LogP contribution in [0.1, 0.15) is 50.0 Å². The molecular weight excluding hydrogens is 352 g/mol. The second kappa shape index (κ2) is 6.88. The van der Waals surface area contributed by atoms with Crippen LogP contribution in [0.25, 0.3) is 0 Å². The summed E-state index contributed by atoms with van der Waals surface area (Å²) in [6.45, 7) is 8.32. The van der Waals surface area contributed by atoms with Gasteiger partial charge in [0.25, 0.3) is 0 Å². The molecule has 0 saturated carbocycles. The topological polar surface area (TPSA) is 26.3 Å². The highest BCUT2D eigenvalue weighted by Crippen LogP contribution is 2.40. The van der Waals surface area contributed by atoms with E-state index in [9.17, 15) is 4.79 Å². The van der Waals surface area contributed by atoms with Crippen molar-refractivity contribution in [3.63, 3.8) is 0 Å². The Morgan fingerprint density at radius 1 is 1.00 bits per heavy atom. The molecule has 0 N–H and O–H groups in total. The van der Waals surface area contributed by atoms with Crippen LogP contribution < -0.4 is 0 Å². The molecule has 0 amide bonds. The number of carbonyl (C=O) groups is 1. The van der Waals surface area contributed by atoms with E-state index in [1.54, 1.807) is 12.1 Å². The van der Waals surface area contributed by atoms with Crippen LogP contribution in [0, 0.1) is 0 Å². The van der Waals surface area contributed by atoms with Crippen molar-refractivity contribution in [2.45, 2.75) is 45.1 Å². The van der Waals surface area contributed by atoms with Crippen LogP contribution in [0.15, 0.2) is 59.1 Å². The monoisotopic (exact) mass is 374 g/mol. The van der Waals surface area contributed by atoms with E-state index in [1.807, 2.05) is 37.3 Å². The van der Waals surface area contributed by atoms with Crippen molar-refractivity contribution in [1.29, 1.82) is 0 Å². The Morgan fingerprint density at radius 2 is 1.57 bits per heavy atom. The van der Waals surface area contributed by atoms with E-state index in [1.165, 1.54) is 0 Å². The summed E-state index contributed by atoms with van der Waals surface area (Å²) < 4.78 is 6.92. The average molecular weight is 375 g/mol. The van der Waals surface area contributed by atoms with Crippen LogP contribution in [0.2, 0.25) is 0 Å². The molecule has 122 valence electrons. The first-order valence-corrected chi connectivity index (χ1v) is 8.64. The van der Waals surface area contributed by atoms with E-state index in [-0.39, 0.29) is 11.4 Å². The summed E-state index contributed by atoms with van der Waals surface area (Å²) in [4.78, 5) is 12.6. The van der Waals surface area contributed by atoms with Gasteiger partial charge in [0.05, 0.1) is 5.56 Å². The SMILES string of the molecule is CC[C@](C)(OC(=O)c1ccc(Br)cc1)C(C)(C)c1ccccc1. The Kier molecular flexibility index (Phi) is 5.30. The molecule has 0 unspecified atom stereocenters.